The number of carboxylic acid groups (broad SMARTS) is 1. The fourth-order valence-corrected chi connectivity index (χ4v) is 2.34. The number of fused-ring (bicyclic) bond motifs is 2. The van der Waals surface area contributed by atoms with Crippen LogP contribution >= 0.6 is 0 Å². The van der Waals surface area contributed by atoms with Gasteiger partial charge in [-0.05, 0) is 5.92 Å². The summed E-state index contributed by atoms with van der Waals surface area (Å²) >= 11 is 0. The second kappa shape index (κ2) is 4.49. The quantitative estimate of drug-likeness (QED) is 0.697. The first-order valence-electron chi connectivity index (χ1n) is 5.85. The number of carbonyl (C=O) groups is 2. The van der Waals surface area contributed by atoms with Crippen molar-refractivity contribution in [2.24, 2.45) is 17.8 Å². The Bertz CT molecular complexity index is 364. The maximum absolute atomic E-state index is 12.0. The number of rotatable bonds is 4. The largest absolute Gasteiger partial charge is 0.481 e. The third-order valence-corrected chi connectivity index (χ3v) is 3.17. The maximum atomic E-state index is 12.0. The summed E-state index contributed by atoms with van der Waals surface area (Å²) in [5.41, 5.74) is 0. The van der Waals surface area contributed by atoms with E-state index in [0.29, 0.717) is 12.5 Å². The molecule has 0 aromatic heterocycles. The number of ether oxygens (including phenoxy) is 1. The van der Waals surface area contributed by atoms with Crippen molar-refractivity contribution in [2.45, 2.75) is 26.1 Å². The maximum Gasteiger partial charge on any atom is 0.310 e. The lowest BCUT2D eigenvalue weighted by atomic mass is 9.82. The standard InChI is InChI=1S/C12H17NO4/c1-6(2)5-13-11(14)9-7-3-4-8(17-7)10(9)12(15)16/h3-4,6-10H,5H2,1-2H3,(H,13,14)(H,15,16)/t7-,8-,9+,10-/m0/s1. The third kappa shape index (κ3) is 2.20. The van der Waals surface area contributed by atoms with Gasteiger partial charge in [-0.3, -0.25) is 9.59 Å². The molecule has 0 unspecified atom stereocenters. The molecule has 1 amide bonds. The van der Waals surface area contributed by atoms with Crippen molar-refractivity contribution in [1.82, 2.24) is 5.32 Å². The molecule has 2 rings (SSSR count). The van der Waals surface area contributed by atoms with Gasteiger partial charge in [0.2, 0.25) is 5.91 Å². The third-order valence-electron chi connectivity index (χ3n) is 3.17. The molecule has 2 aliphatic heterocycles. The van der Waals surface area contributed by atoms with Gasteiger partial charge >= 0.3 is 5.97 Å². The number of aliphatic carboxylic acids is 1. The number of hydrogen-bond acceptors (Lipinski definition) is 3. The molecular formula is C12H17NO4. The Labute approximate surface area is 99.8 Å². The highest BCUT2D eigenvalue weighted by atomic mass is 16.5. The zero-order valence-corrected chi connectivity index (χ0v) is 9.92. The lowest BCUT2D eigenvalue weighted by Gasteiger charge is -2.21. The fourth-order valence-electron chi connectivity index (χ4n) is 2.34. The van der Waals surface area contributed by atoms with Gasteiger partial charge in [-0.2, -0.15) is 0 Å². The molecule has 0 aromatic rings. The second-order valence-electron chi connectivity index (χ2n) is 4.98. The van der Waals surface area contributed by atoms with E-state index in [4.69, 9.17) is 9.84 Å². The van der Waals surface area contributed by atoms with Gasteiger partial charge in [0.25, 0.3) is 0 Å². The van der Waals surface area contributed by atoms with Crippen LogP contribution in [-0.2, 0) is 14.3 Å². The van der Waals surface area contributed by atoms with Crippen molar-refractivity contribution < 1.29 is 19.4 Å². The molecule has 0 saturated carbocycles. The SMILES string of the molecule is CC(C)CNC(=O)[C@H]1[C@@H](C(=O)O)[C@@H]2C=C[C@@H]1O2. The summed E-state index contributed by atoms with van der Waals surface area (Å²) in [5, 5.41) is 11.9. The Morgan fingerprint density at radius 3 is 2.41 bits per heavy atom. The summed E-state index contributed by atoms with van der Waals surface area (Å²) in [5.74, 6) is -2.19. The van der Waals surface area contributed by atoms with E-state index in [0.717, 1.165) is 0 Å². The molecule has 5 heteroatoms. The van der Waals surface area contributed by atoms with E-state index in [1.807, 2.05) is 13.8 Å². The van der Waals surface area contributed by atoms with Gasteiger partial charge in [-0.25, -0.2) is 0 Å². The van der Waals surface area contributed by atoms with Gasteiger partial charge in [0.1, 0.15) is 5.92 Å². The lowest BCUT2D eigenvalue weighted by Crippen LogP contribution is -2.43. The summed E-state index contributed by atoms with van der Waals surface area (Å²) in [6.07, 6.45) is 2.68. The predicted molar refractivity (Wildman–Crippen MR) is 60.3 cm³/mol. The van der Waals surface area contributed by atoms with E-state index in [2.05, 4.69) is 5.32 Å². The molecule has 2 bridgehead atoms. The van der Waals surface area contributed by atoms with Crippen molar-refractivity contribution in [3.8, 4) is 0 Å². The van der Waals surface area contributed by atoms with Crippen molar-refractivity contribution >= 4 is 11.9 Å². The second-order valence-corrected chi connectivity index (χ2v) is 4.98. The molecule has 1 saturated heterocycles. The highest BCUT2D eigenvalue weighted by Gasteiger charge is 2.53. The molecule has 5 nitrogen and oxygen atoms in total. The molecule has 0 radical (unpaired) electrons. The van der Waals surface area contributed by atoms with Gasteiger partial charge in [0.15, 0.2) is 0 Å². The van der Waals surface area contributed by atoms with E-state index >= 15 is 0 Å². The van der Waals surface area contributed by atoms with Crippen molar-refractivity contribution in [1.29, 1.82) is 0 Å². The molecular weight excluding hydrogens is 222 g/mol. The monoisotopic (exact) mass is 239 g/mol. The van der Waals surface area contributed by atoms with Crippen molar-refractivity contribution in [3.05, 3.63) is 12.2 Å². The minimum atomic E-state index is -0.966. The van der Waals surface area contributed by atoms with Crippen molar-refractivity contribution in [3.63, 3.8) is 0 Å². The normalized spacial score (nSPS) is 34.3. The molecule has 94 valence electrons. The van der Waals surface area contributed by atoms with Gasteiger partial charge in [-0.15, -0.1) is 0 Å². The minimum Gasteiger partial charge on any atom is -0.481 e. The van der Waals surface area contributed by atoms with Crippen LogP contribution in [0.4, 0.5) is 0 Å². The van der Waals surface area contributed by atoms with Gasteiger partial charge in [-0.1, -0.05) is 26.0 Å². The zero-order valence-electron chi connectivity index (χ0n) is 9.92. The smallest absolute Gasteiger partial charge is 0.310 e. The summed E-state index contributed by atoms with van der Waals surface area (Å²) < 4.78 is 5.43. The van der Waals surface area contributed by atoms with E-state index in [1.165, 1.54) is 0 Å². The number of hydrogen-bond donors (Lipinski definition) is 2. The van der Waals surface area contributed by atoms with Crippen LogP contribution < -0.4 is 5.32 Å². The van der Waals surface area contributed by atoms with Crippen molar-refractivity contribution in [2.75, 3.05) is 6.54 Å². The molecule has 1 fully saturated rings. The molecule has 2 N–H and O–H groups in total. The molecule has 2 aliphatic rings. The van der Waals surface area contributed by atoms with Crippen LogP contribution in [0.15, 0.2) is 12.2 Å². The Morgan fingerprint density at radius 1 is 1.29 bits per heavy atom. The van der Waals surface area contributed by atoms with Crippen LogP contribution in [0, 0.1) is 17.8 Å². The van der Waals surface area contributed by atoms with Crippen LogP contribution in [0.2, 0.25) is 0 Å². The predicted octanol–water partition coefficient (Wildman–Crippen LogP) is 0.413. The topological polar surface area (TPSA) is 75.6 Å². The molecule has 0 aliphatic carbocycles. The minimum absolute atomic E-state index is 0.219. The molecule has 4 atom stereocenters. The van der Waals surface area contributed by atoms with Gasteiger partial charge in [0, 0.05) is 6.54 Å². The summed E-state index contributed by atoms with van der Waals surface area (Å²) in [6.45, 7) is 4.54. The summed E-state index contributed by atoms with van der Waals surface area (Å²) in [6, 6.07) is 0. The number of carbonyl (C=O) groups excluding carboxylic acids is 1. The van der Waals surface area contributed by atoms with Gasteiger partial charge in [0.05, 0.1) is 18.1 Å². The average Bonchev–Trinajstić information content (AvgIpc) is 2.84. The molecule has 2 heterocycles. The Hall–Kier alpha value is -1.36. The first-order chi connectivity index (χ1) is 8.00. The highest BCUT2D eigenvalue weighted by Crippen LogP contribution is 2.39. The molecule has 17 heavy (non-hydrogen) atoms. The van der Waals surface area contributed by atoms with E-state index in [9.17, 15) is 9.59 Å². The van der Waals surface area contributed by atoms with Crippen LogP contribution in [-0.4, -0.2) is 35.7 Å². The van der Waals surface area contributed by atoms with Crippen LogP contribution in [0.3, 0.4) is 0 Å². The fraction of sp³-hybridized carbons (Fsp3) is 0.667. The average molecular weight is 239 g/mol. The van der Waals surface area contributed by atoms with E-state index in [-0.39, 0.29) is 12.0 Å². The van der Waals surface area contributed by atoms with E-state index < -0.39 is 23.9 Å². The molecule has 0 aromatic carbocycles. The van der Waals surface area contributed by atoms with Crippen LogP contribution in [0.25, 0.3) is 0 Å². The number of carboxylic acids is 1. The first kappa shape index (κ1) is 12.1. The number of nitrogens with one attached hydrogen (secondary N) is 1. The summed E-state index contributed by atoms with van der Waals surface area (Å²) in [7, 11) is 0. The lowest BCUT2D eigenvalue weighted by molar-refractivity contribution is -0.146. The van der Waals surface area contributed by atoms with E-state index in [1.54, 1.807) is 12.2 Å². The zero-order chi connectivity index (χ0) is 12.6. The molecule has 0 spiro atoms. The Morgan fingerprint density at radius 2 is 1.88 bits per heavy atom. The number of amides is 1. The highest BCUT2D eigenvalue weighted by molar-refractivity contribution is 5.87. The van der Waals surface area contributed by atoms with Crippen LogP contribution in [0.5, 0.6) is 0 Å². The Balaban J connectivity index is 2.06. The Kier molecular flexibility index (Phi) is 3.19. The van der Waals surface area contributed by atoms with Crippen LogP contribution in [0.1, 0.15) is 13.8 Å². The summed E-state index contributed by atoms with van der Waals surface area (Å²) in [4.78, 5) is 23.1. The first-order valence-corrected chi connectivity index (χ1v) is 5.85. The van der Waals surface area contributed by atoms with Gasteiger partial charge < -0.3 is 15.2 Å².